The summed E-state index contributed by atoms with van der Waals surface area (Å²) in [6, 6.07) is 5.96. The highest BCUT2D eigenvalue weighted by Gasteiger charge is 2.36. The topological polar surface area (TPSA) is 53.0 Å². The Morgan fingerprint density at radius 1 is 1.32 bits per heavy atom. The van der Waals surface area contributed by atoms with Crippen LogP contribution in [0.15, 0.2) is 18.2 Å². The highest BCUT2D eigenvalue weighted by atomic mass is 16.5. The van der Waals surface area contributed by atoms with Gasteiger partial charge in [-0.3, -0.25) is 9.69 Å². The second-order valence-corrected chi connectivity index (χ2v) is 6.05. The number of amides is 1. The minimum absolute atomic E-state index is 0.0336. The highest BCUT2D eigenvalue weighted by molar-refractivity contribution is 5.73. The number of carbonyl (C=O) groups excluding carboxylic acids is 1. The van der Waals surface area contributed by atoms with Crippen molar-refractivity contribution in [2.45, 2.75) is 32.4 Å². The molecule has 2 atom stereocenters. The Bertz CT molecular complexity index is 553. The van der Waals surface area contributed by atoms with Gasteiger partial charge in [-0.2, -0.15) is 0 Å². The van der Waals surface area contributed by atoms with Crippen molar-refractivity contribution in [2.75, 3.05) is 32.8 Å². The van der Waals surface area contributed by atoms with Crippen LogP contribution in [0.25, 0.3) is 0 Å². The molecule has 120 valence electrons. The molecule has 2 aliphatic heterocycles. The number of ether oxygens (including phenoxy) is 1. The molecule has 1 N–H and O–H groups in total. The monoisotopic (exact) mass is 304 g/mol. The van der Waals surface area contributed by atoms with Gasteiger partial charge in [-0.1, -0.05) is 25.1 Å². The number of aryl methyl sites for hydroxylation is 1. The van der Waals surface area contributed by atoms with Gasteiger partial charge in [0.05, 0.1) is 6.04 Å². The van der Waals surface area contributed by atoms with Gasteiger partial charge in [0.2, 0.25) is 5.91 Å². The van der Waals surface area contributed by atoms with Crippen LogP contribution in [0.1, 0.15) is 31.1 Å². The van der Waals surface area contributed by atoms with Crippen LogP contribution in [-0.4, -0.2) is 59.6 Å². The lowest BCUT2D eigenvalue weighted by Gasteiger charge is -2.42. The Morgan fingerprint density at radius 2 is 2.05 bits per heavy atom. The van der Waals surface area contributed by atoms with Crippen LogP contribution in [0.5, 0.6) is 5.75 Å². The number of para-hydroxylation sites is 1. The summed E-state index contributed by atoms with van der Waals surface area (Å²) in [4.78, 5) is 15.5. The van der Waals surface area contributed by atoms with Crippen molar-refractivity contribution < 1.29 is 14.6 Å². The zero-order valence-corrected chi connectivity index (χ0v) is 13.3. The Hall–Kier alpha value is -1.59. The van der Waals surface area contributed by atoms with Crippen LogP contribution in [-0.2, 0) is 11.2 Å². The Balaban J connectivity index is 1.74. The molecule has 0 aliphatic carbocycles. The summed E-state index contributed by atoms with van der Waals surface area (Å²) in [6.45, 7) is 7.22. The number of benzene rings is 1. The molecule has 0 radical (unpaired) electrons. The summed E-state index contributed by atoms with van der Waals surface area (Å²) in [5.41, 5.74) is 2.04. The second kappa shape index (κ2) is 6.26. The van der Waals surface area contributed by atoms with E-state index in [1.165, 1.54) is 0 Å². The third-order valence-electron chi connectivity index (χ3n) is 4.82. The van der Waals surface area contributed by atoms with E-state index < -0.39 is 6.10 Å². The van der Waals surface area contributed by atoms with Crippen LogP contribution >= 0.6 is 0 Å². The summed E-state index contributed by atoms with van der Waals surface area (Å²) in [7, 11) is 0. The fraction of sp³-hybridized carbons (Fsp3) is 0.588. The van der Waals surface area contributed by atoms with Gasteiger partial charge >= 0.3 is 0 Å². The molecule has 22 heavy (non-hydrogen) atoms. The van der Waals surface area contributed by atoms with Crippen LogP contribution in [0.2, 0.25) is 0 Å². The first-order valence-corrected chi connectivity index (χ1v) is 8.04. The van der Waals surface area contributed by atoms with Crippen molar-refractivity contribution in [3.63, 3.8) is 0 Å². The number of aliphatic hydroxyl groups is 1. The molecular weight excluding hydrogens is 280 g/mol. The van der Waals surface area contributed by atoms with Gasteiger partial charge in [-0.05, 0) is 12.0 Å². The van der Waals surface area contributed by atoms with Gasteiger partial charge in [0.15, 0.2) is 0 Å². The van der Waals surface area contributed by atoms with Crippen LogP contribution in [0, 0.1) is 0 Å². The summed E-state index contributed by atoms with van der Waals surface area (Å²) in [6.07, 6.45) is 0.372. The SMILES string of the molecule is CCc1cccc2c1OCC(N1CCN(C(C)=O)CC1)C2O. The number of aliphatic hydroxyl groups excluding tert-OH is 1. The maximum absolute atomic E-state index is 11.4. The lowest BCUT2D eigenvalue weighted by Crippen LogP contribution is -2.55. The predicted octanol–water partition coefficient (Wildman–Crippen LogP) is 1.21. The third kappa shape index (κ3) is 2.71. The molecule has 2 aliphatic rings. The van der Waals surface area contributed by atoms with Crippen molar-refractivity contribution in [1.82, 2.24) is 9.80 Å². The summed E-state index contributed by atoms with van der Waals surface area (Å²) < 4.78 is 5.97. The van der Waals surface area contributed by atoms with Crippen molar-refractivity contribution in [1.29, 1.82) is 0 Å². The molecule has 5 nitrogen and oxygen atoms in total. The number of hydrogen-bond donors (Lipinski definition) is 1. The minimum Gasteiger partial charge on any atom is -0.491 e. The molecule has 0 aromatic heterocycles. The van der Waals surface area contributed by atoms with E-state index in [0.29, 0.717) is 6.61 Å². The Labute approximate surface area is 131 Å². The quantitative estimate of drug-likeness (QED) is 0.892. The summed E-state index contributed by atoms with van der Waals surface area (Å²) >= 11 is 0. The molecule has 1 aromatic carbocycles. The second-order valence-electron chi connectivity index (χ2n) is 6.05. The van der Waals surface area contributed by atoms with E-state index in [4.69, 9.17) is 4.74 Å². The zero-order chi connectivity index (χ0) is 15.7. The van der Waals surface area contributed by atoms with Crippen LogP contribution in [0.3, 0.4) is 0 Å². The minimum atomic E-state index is -0.529. The van der Waals surface area contributed by atoms with E-state index in [0.717, 1.165) is 49.5 Å². The van der Waals surface area contributed by atoms with Crippen molar-refractivity contribution in [3.8, 4) is 5.75 Å². The Morgan fingerprint density at radius 3 is 2.68 bits per heavy atom. The van der Waals surface area contributed by atoms with Gasteiger partial charge < -0.3 is 14.7 Å². The fourth-order valence-corrected chi connectivity index (χ4v) is 3.43. The van der Waals surface area contributed by atoms with Crippen molar-refractivity contribution in [3.05, 3.63) is 29.3 Å². The van der Waals surface area contributed by atoms with Crippen molar-refractivity contribution >= 4 is 5.91 Å². The molecule has 3 rings (SSSR count). The number of carbonyl (C=O) groups is 1. The van der Waals surface area contributed by atoms with Crippen molar-refractivity contribution in [2.24, 2.45) is 0 Å². The average Bonchev–Trinajstić information content (AvgIpc) is 2.55. The van der Waals surface area contributed by atoms with Gasteiger partial charge in [0.1, 0.15) is 18.5 Å². The van der Waals surface area contributed by atoms with E-state index in [-0.39, 0.29) is 11.9 Å². The number of rotatable bonds is 2. The number of piperazine rings is 1. The number of hydrogen-bond acceptors (Lipinski definition) is 4. The number of nitrogens with zero attached hydrogens (tertiary/aromatic N) is 2. The first-order chi connectivity index (χ1) is 10.6. The first-order valence-electron chi connectivity index (χ1n) is 8.04. The summed E-state index contributed by atoms with van der Waals surface area (Å²) in [5, 5.41) is 10.8. The highest BCUT2D eigenvalue weighted by Crippen LogP contribution is 2.37. The first kappa shape index (κ1) is 15.3. The van der Waals surface area contributed by atoms with Crippen LogP contribution in [0.4, 0.5) is 0 Å². The van der Waals surface area contributed by atoms with E-state index in [1.54, 1.807) is 6.92 Å². The molecule has 2 heterocycles. The smallest absolute Gasteiger partial charge is 0.219 e. The lowest BCUT2D eigenvalue weighted by atomic mass is 9.94. The molecule has 1 fully saturated rings. The van der Waals surface area contributed by atoms with E-state index >= 15 is 0 Å². The van der Waals surface area contributed by atoms with E-state index in [2.05, 4.69) is 17.9 Å². The molecular formula is C17H24N2O3. The van der Waals surface area contributed by atoms with Gasteiger partial charge in [-0.15, -0.1) is 0 Å². The molecule has 2 unspecified atom stereocenters. The van der Waals surface area contributed by atoms with Gasteiger partial charge in [0, 0.05) is 38.7 Å². The molecule has 0 saturated carbocycles. The molecule has 0 bridgehead atoms. The molecule has 1 saturated heterocycles. The molecule has 0 spiro atoms. The zero-order valence-electron chi connectivity index (χ0n) is 13.3. The Kier molecular flexibility index (Phi) is 4.36. The average molecular weight is 304 g/mol. The largest absolute Gasteiger partial charge is 0.491 e. The molecule has 5 heteroatoms. The van der Waals surface area contributed by atoms with Gasteiger partial charge in [0.25, 0.3) is 0 Å². The van der Waals surface area contributed by atoms with E-state index in [9.17, 15) is 9.90 Å². The lowest BCUT2D eigenvalue weighted by molar-refractivity contribution is -0.131. The fourth-order valence-electron chi connectivity index (χ4n) is 3.43. The van der Waals surface area contributed by atoms with E-state index in [1.807, 2.05) is 17.0 Å². The standard InChI is InChI=1S/C17H24N2O3/c1-3-13-5-4-6-14-16(21)15(11-22-17(13)14)19-9-7-18(8-10-19)12(2)20/h4-6,15-16,21H,3,7-11H2,1-2H3. The molecule has 1 aromatic rings. The molecule has 1 amide bonds. The maximum Gasteiger partial charge on any atom is 0.219 e. The van der Waals surface area contributed by atoms with Gasteiger partial charge in [-0.25, -0.2) is 0 Å². The number of fused-ring (bicyclic) bond motifs is 1. The third-order valence-corrected chi connectivity index (χ3v) is 4.82. The predicted molar refractivity (Wildman–Crippen MR) is 83.9 cm³/mol. The normalized spacial score (nSPS) is 25.5. The maximum atomic E-state index is 11.4. The summed E-state index contributed by atoms with van der Waals surface area (Å²) in [5.74, 6) is 0.981. The van der Waals surface area contributed by atoms with Crippen LogP contribution < -0.4 is 4.74 Å².